The summed E-state index contributed by atoms with van der Waals surface area (Å²) in [7, 11) is 0. The standard InChI is InChI=1S/C11H20O2/c1-4-5-7-10(13)11(2,3)8-6-9-12/h6,8-10,13H,4-5,7H2,1-3H3. The molecule has 0 spiro atoms. The second-order valence-corrected chi connectivity index (χ2v) is 3.97. The van der Waals surface area contributed by atoms with E-state index in [0.717, 1.165) is 25.5 Å². The number of carbonyl (C=O) groups is 1. The highest BCUT2D eigenvalue weighted by atomic mass is 16.3. The molecule has 0 fully saturated rings. The van der Waals surface area contributed by atoms with E-state index in [1.165, 1.54) is 6.08 Å². The predicted molar refractivity (Wildman–Crippen MR) is 54.5 cm³/mol. The third-order valence-corrected chi connectivity index (χ3v) is 2.29. The van der Waals surface area contributed by atoms with Gasteiger partial charge in [-0.05, 0) is 12.5 Å². The lowest BCUT2D eigenvalue weighted by molar-refractivity contribution is -0.104. The van der Waals surface area contributed by atoms with E-state index in [4.69, 9.17) is 0 Å². The summed E-state index contributed by atoms with van der Waals surface area (Å²) in [5.41, 5.74) is -0.296. The first-order valence-electron chi connectivity index (χ1n) is 4.85. The Bertz CT molecular complexity index is 171. The molecular weight excluding hydrogens is 164 g/mol. The summed E-state index contributed by atoms with van der Waals surface area (Å²) in [6.45, 7) is 5.97. The molecule has 1 N–H and O–H groups in total. The van der Waals surface area contributed by atoms with Crippen LogP contribution in [0.4, 0.5) is 0 Å². The number of aliphatic hydroxyl groups is 1. The zero-order valence-electron chi connectivity index (χ0n) is 8.79. The van der Waals surface area contributed by atoms with E-state index < -0.39 is 0 Å². The van der Waals surface area contributed by atoms with Gasteiger partial charge in [-0.25, -0.2) is 0 Å². The Balaban J connectivity index is 4.09. The highest BCUT2D eigenvalue weighted by Gasteiger charge is 2.23. The summed E-state index contributed by atoms with van der Waals surface area (Å²) in [5.74, 6) is 0. The number of allylic oxidation sites excluding steroid dienone is 1. The molecule has 0 aliphatic rings. The fraction of sp³-hybridized carbons (Fsp3) is 0.727. The van der Waals surface area contributed by atoms with Crippen molar-refractivity contribution in [2.45, 2.75) is 46.1 Å². The van der Waals surface area contributed by atoms with Gasteiger partial charge in [0.1, 0.15) is 6.29 Å². The van der Waals surface area contributed by atoms with E-state index >= 15 is 0 Å². The molecular formula is C11H20O2. The third-order valence-electron chi connectivity index (χ3n) is 2.29. The van der Waals surface area contributed by atoms with Crippen molar-refractivity contribution in [2.75, 3.05) is 0 Å². The summed E-state index contributed by atoms with van der Waals surface area (Å²) in [5, 5.41) is 9.77. The van der Waals surface area contributed by atoms with Crippen LogP contribution in [0.5, 0.6) is 0 Å². The quantitative estimate of drug-likeness (QED) is 0.508. The van der Waals surface area contributed by atoms with Gasteiger partial charge in [-0.15, -0.1) is 0 Å². The van der Waals surface area contributed by atoms with Crippen molar-refractivity contribution in [3.8, 4) is 0 Å². The highest BCUT2D eigenvalue weighted by Crippen LogP contribution is 2.25. The van der Waals surface area contributed by atoms with Crippen LogP contribution < -0.4 is 0 Å². The Morgan fingerprint density at radius 2 is 2.08 bits per heavy atom. The van der Waals surface area contributed by atoms with Crippen LogP contribution in [-0.2, 0) is 4.79 Å². The van der Waals surface area contributed by atoms with Crippen LogP contribution in [0, 0.1) is 5.41 Å². The second-order valence-electron chi connectivity index (χ2n) is 3.97. The lowest BCUT2D eigenvalue weighted by Crippen LogP contribution is -2.27. The third kappa shape index (κ3) is 4.83. The molecule has 0 saturated carbocycles. The van der Waals surface area contributed by atoms with Gasteiger partial charge in [-0.1, -0.05) is 39.7 Å². The molecule has 2 nitrogen and oxygen atoms in total. The molecule has 0 rings (SSSR count). The molecule has 1 atom stereocenters. The summed E-state index contributed by atoms with van der Waals surface area (Å²) in [6, 6.07) is 0. The lowest BCUT2D eigenvalue weighted by Gasteiger charge is -2.26. The maximum absolute atomic E-state index is 10.1. The van der Waals surface area contributed by atoms with E-state index in [0.29, 0.717) is 0 Å². The minimum Gasteiger partial charge on any atom is -0.392 e. The van der Waals surface area contributed by atoms with Crippen LogP contribution in [-0.4, -0.2) is 17.5 Å². The van der Waals surface area contributed by atoms with Gasteiger partial charge < -0.3 is 5.11 Å². The van der Waals surface area contributed by atoms with Crippen molar-refractivity contribution in [1.82, 2.24) is 0 Å². The molecule has 13 heavy (non-hydrogen) atoms. The Hall–Kier alpha value is -0.630. The van der Waals surface area contributed by atoms with E-state index in [9.17, 15) is 9.90 Å². The van der Waals surface area contributed by atoms with E-state index in [2.05, 4.69) is 6.92 Å². The number of carbonyl (C=O) groups excluding carboxylic acids is 1. The van der Waals surface area contributed by atoms with Gasteiger partial charge in [0, 0.05) is 5.41 Å². The molecule has 0 radical (unpaired) electrons. The van der Waals surface area contributed by atoms with Gasteiger partial charge in [0.25, 0.3) is 0 Å². The molecule has 1 unspecified atom stereocenters. The first-order valence-corrected chi connectivity index (χ1v) is 4.85. The molecule has 2 heteroatoms. The Labute approximate surface area is 80.7 Å². The summed E-state index contributed by atoms with van der Waals surface area (Å²) in [4.78, 5) is 10.1. The van der Waals surface area contributed by atoms with Crippen molar-refractivity contribution in [2.24, 2.45) is 5.41 Å². The lowest BCUT2D eigenvalue weighted by atomic mass is 9.83. The van der Waals surface area contributed by atoms with E-state index in [1.54, 1.807) is 6.08 Å². The van der Waals surface area contributed by atoms with Gasteiger partial charge in [-0.2, -0.15) is 0 Å². The second kappa shape index (κ2) is 5.92. The molecule has 0 aromatic rings. The molecule has 76 valence electrons. The van der Waals surface area contributed by atoms with Crippen LogP contribution in [0.3, 0.4) is 0 Å². The number of aldehydes is 1. The fourth-order valence-electron chi connectivity index (χ4n) is 1.17. The van der Waals surface area contributed by atoms with E-state index in [1.807, 2.05) is 13.8 Å². The molecule has 0 amide bonds. The molecule has 0 aromatic carbocycles. The Kier molecular flexibility index (Phi) is 5.63. The first kappa shape index (κ1) is 12.4. The molecule has 0 heterocycles. The average Bonchev–Trinajstić information content (AvgIpc) is 2.10. The SMILES string of the molecule is CCCCC(O)C(C)(C)C=CC=O. The number of unbranched alkanes of at least 4 members (excludes halogenated alkanes) is 1. The smallest absolute Gasteiger partial charge is 0.142 e. The van der Waals surface area contributed by atoms with Crippen LogP contribution in [0.15, 0.2) is 12.2 Å². The summed E-state index contributed by atoms with van der Waals surface area (Å²) >= 11 is 0. The maximum Gasteiger partial charge on any atom is 0.142 e. The zero-order chi connectivity index (χ0) is 10.3. The van der Waals surface area contributed by atoms with Gasteiger partial charge in [0.05, 0.1) is 6.10 Å². The van der Waals surface area contributed by atoms with Crippen LogP contribution in [0.25, 0.3) is 0 Å². The number of aliphatic hydroxyl groups excluding tert-OH is 1. The number of hydrogen-bond donors (Lipinski definition) is 1. The number of rotatable bonds is 6. The Morgan fingerprint density at radius 1 is 1.46 bits per heavy atom. The predicted octanol–water partition coefficient (Wildman–Crippen LogP) is 2.32. The van der Waals surface area contributed by atoms with Gasteiger partial charge >= 0.3 is 0 Å². The van der Waals surface area contributed by atoms with Crippen molar-refractivity contribution < 1.29 is 9.90 Å². The molecule has 0 aliphatic heterocycles. The zero-order valence-corrected chi connectivity index (χ0v) is 8.79. The minimum absolute atomic E-state index is 0.296. The van der Waals surface area contributed by atoms with Gasteiger partial charge in [-0.3, -0.25) is 4.79 Å². The van der Waals surface area contributed by atoms with Crippen LogP contribution in [0.2, 0.25) is 0 Å². The number of hydrogen-bond acceptors (Lipinski definition) is 2. The largest absolute Gasteiger partial charge is 0.392 e. The van der Waals surface area contributed by atoms with Crippen molar-refractivity contribution in [1.29, 1.82) is 0 Å². The van der Waals surface area contributed by atoms with Gasteiger partial charge in [0.15, 0.2) is 0 Å². The van der Waals surface area contributed by atoms with Crippen molar-refractivity contribution in [3.05, 3.63) is 12.2 Å². The minimum atomic E-state index is -0.358. The maximum atomic E-state index is 10.1. The fourth-order valence-corrected chi connectivity index (χ4v) is 1.17. The van der Waals surface area contributed by atoms with Crippen molar-refractivity contribution >= 4 is 6.29 Å². The van der Waals surface area contributed by atoms with E-state index in [-0.39, 0.29) is 11.5 Å². The average molecular weight is 184 g/mol. The van der Waals surface area contributed by atoms with Crippen molar-refractivity contribution in [3.63, 3.8) is 0 Å². The topological polar surface area (TPSA) is 37.3 Å². The summed E-state index contributed by atoms with van der Waals surface area (Å²) in [6.07, 6.45) is 6.52. The molecule has 0 aromatic heterocycles. The molecule has 0 saturated heterocycles. The monoisotopic (exact) mass is 184 g/mol. The van der Waals surface area contributed by atoms with Crippen LogP contribution in [0.1, 0.15) is 40.0 Å². The Morgan fingerprint density at radius 3 is 2.54 bits per heavy atom. The molecule has 0 aliphatic carbocycles. The highest BCUT2D eigenvalue weighted by molar-refractivity contribution is 5.64. The normalized spacial score (nSPS) is 14.8. The van der Waals surface area contributed by atoms with Gasteiger partial charge in [0.2, 0.25) is 0 Å². The van der Waals surface area contributed by atoms with Crippen LogP contribution >= 0.6 is 0 Å². The molecule has 0 bridgehead atoms. The summed E-state index contributed by atoms with van der Waals surface area (Å²) < 4.78 is 0. The first-order chi connectivity index (χ1) is 6.04.